The van der Waals surface area contributed by atoms with Gasteiger partial charge in [0.2, 0.25) is 5.91 Å². The van der Waals surface area contributed by atoms with Crippen LogP contribution >= 0.6 is 11.6 Å². The summed E-state index contributed by atoms with van der Waals surface area (Å²) in [6.07, 6.45) is 0. The fourth-order valence-corrected chi connectivity index (χ4v) is 5.38. The summed E-state index contributed by atoms with van der Waals surface area (Å²) in [6, 6.07) is 13.3. The van der Waals surface area contributed by atoms with Gasteiger partial charge in [-0.1, -0.05) is 35.9 Å². The smallest absolute Gasteiger partial charge is 0.273 e. The average molecular weight is 546 g/mol. The fourth-order valence-electron chi connectivity index (χ4n) is 3.77. The van der Waals surface area contributed by atoms with Crippen LogP contribution in [-0.2, 0) is 14.8 Å². The number of methoxy groups -OCH3 is 1. The van der Waals surface area contributed by atoms with Crippen LogP contribution in [-0.4, -0.2) is 32.9 Å². The Morgan fingerprint density at radius 1 is 1.05 bits per heavy atom. The molecule has 11 heteroatoms. The van der Waals surface area contributed by atoms with E-state index in [1.807, 2.05) is 32.0 Å². The lowest BCUT2D eigenvalue weighted by molar-refractivity contribution is -0.385. The number of sulfonamides is 1. The molecule has 1 unspecified atom stereocenters. The highest BCUT2D eigenvalue weighted by Gasteiger charge is 2.31. The van der Waals surface area contributed by atoms with E-state index < -0.39 is 33.4 Å². The Bertz CT molecular complexity index is 1460. The number of benzene rings is 3. The van der Waals surface area contributed by atoms with Gasteiger partial charge in [0, 0.05) is 16.7 Å². The van der Waals surface area contributed by atoms with Gasteiger partial charge in [-0.05, 0) is 68.7 Å². The largest absolute Gasteiger partial charge is 0.495 e. The van der Waals surface area contributed by atoms with E-state index in [1.165, 1.54) is 44.4 Å². The minimum absolute atomic E-state index is 0.0206. The van der Waals surface area contributed by atoms with Gasteiger partial charge in [0.1, 0.15) is 12.3 Å². The lowest BCUT2D eigenvalue weighted by Crippen LogP contribution is -2.41. The molecule has 0 saturated heterocycles. The molecule has 0 aliphatic carbocycles. The molecular formula is C26H28ClN3O6S. The number of rotatable bonds is 9. The van der Waals surface area contributed by atoms with Gasteiger partial charge in [0.25, 0.3) is 15.7 Å². The van der Waals surface area contributed by atoms with E-state index >= 15 is 0 Å². The highest BCUT2D eigenvalue weighted by molar-refractivity contribution is 7.92. The van der Waals surface area contributed by atoms with Gasteiger partial charge in [-0.3, -0.25) is 19.2 Å². The van der Waals surface area contributed by atoms with Crippen molar-refractivity contribution < 1.29 is 22.9 Å². The number of halogens is 1. The lowest BCUT2D eigenvalue weighted by Gasteiger charge is -2.26. The monoisotopic (exact) mass is 545 g/mol. The third-order valence-electron chi connectivity index (χ3n) is 6.07. The number of nitrogens with zero attached hydrogens (tertiary/aromatic N) is 2. The summed E-state index contributed by atoms with van der Waals surface area (Å²) in [5.74, 6) is -0.428. The number of amides is 1. The van der Waals surface area contributed by atoms with Crippen molar-refractivity contribution in [2.75, 3.05) is 18.0 Å². The summed E-state index contributed by atoms with van der Waals surface area (Å²) in [6.45, 7) is 6.64. The van der Waals surface area contributed by atoms with E-state index in [1.54, 1.807) is 6.92 Å². The van der Waals surface area contributed by atoms with Crippen LogP contribution in [0.5, 0.6) is 5.75 Å². The molecule has 0 heterocycles. The molecule has 3 rings (SSSR count). The quantitative estimate of drug-likeness (QED) is 0.289. The van der Waals surface area contributed by atoms with Crippen LogP contribution < -0.4 is 14.4 Å². The second kappa shape index (κ2) is 11.2. The SMILES string of the molecule is COc1ccc(Cl)cc1N(CC(=O)NC(C)c1ccc(C)c(C)c1)S(=O)(=O)c1ccc(C)c([N+](=O)[O-])c1. The first kappa shape index (κ1) is 27.9. The van der Waals surface area contributed by atoms with Crippen molar-refractivity contribution in [3.05, 3.63) is 92.0 Å². The molecule has 0 radical (unpaired) electrons. The molecule has 9 nitrogen and oxygen atoms in total. The number of carbonyl (C=O) groups is 1. The zero-order valence-corrected chi connectivity index (χ0v) is 22.7. The Morgan fingerprint density at radius 3 is 2.35 bits per heavy atom. The van der Waals surface area contributed by atoms with Crippen molar-refractivity contribution in [1.82, 2.24) is 5.32 Å². The predicted octanol–water partition coefficient (Wildman–Crippen LogP) is 5.25. The van der Waals surface area contributed by atoms with Crippen LogP contribution in [0.2, 0.25) is 5.02 Å². The van der Waals surface area contributed by atoms with E-state index in [9.17, 15) is 23.3 Å². The van der Waals surface area contributed by atoms with E-state index in [-0.39, 0.29) is 27.0 Å². The zero-order valence-electron chi connectivity index (χ0n) is 21.1. The Balaban J connectivity index is 2.04. The number of nitrogens with one attached hydrogen (secondary N) is 1. The number of hydrogen-bond donors (Lipinski definition) is 1. The molecule has 0 aliphatic heterocycles. The number of nitro benzene ring substituents is 1. The molecule has 37 heavy (non-hydrogen) atoms. The van der Waals surface area contributed by atoms with E-state index in [0.29, 0.717) is 5.56 Å². The number of hydrogen-bond acceptors (Lipinski definition) is 6. The molecule has 3 aromatic carbocycles. The van der Waals surface area contributed by atoms with Gasteiger partial charge in [0.15, 0.2) is 0 Å². The predicted molar refractivity (Wildman–Crippen MR) is 143 cm³/mol. The summed E-state index contributed by atoms with van der Waals surface area (Å²) in [4.78, 5) is 23.6. The molecule has 0 saturated carbocycles. The maximum atomic E-state index is 13.8. The Hall–Kier alpha value is -3.63. The van der Waals surface area contributed by atoms with Gasteiger partial charge in [-0.2, -0.15) is 0 Å². The molecule has 1 amide bonds. The molecular weight excluding hydrogens is 518 g/mol. The van der Waals surface area contributed by atoms with E-state index in [0.717, 1.165) is 27.1 Å². The van der Waals surface area contributed by atoms with Gasteiger partial charge in [-0.15, -0.1) is 0 Å². The van der Waals surface area contributed by atoms with Gasteiger partial charge < -0.3 is 10.1 Å². The zero-order chi connectivity index (χ0) is 27.5. The summed E-state index contributed by atoms with van der Waals surface area (Å²) in [7, 11) is -3.10. The van der Waals surface area contributed by atoms with Gasteiger partial charge >= 0.3 is 0 Å². The molecule has 0 bridgehead atoms. The van der Waals surface area contributed by atoms with Gasteiger partial charge in [0.05, 0.1) is 28.7 Å². The maximum Gasteiger partial charge on any atom is 0.273 e. The fraction of sp³-hybridized carbons (Fsp3) is 0.269. The standard InChI is InChI=1S/C26H28ClN3O6S/c1-16-6-8-20(12-18(16)3)19(4)28-26(31)15-29(24-13-21(27)9-11-25(24)36-5)37(34,35)22-10-7-17(2)23(14-22)30(32)33/h6-14,19H,15H2,1-5H3,(H,28,31). The summed E-state index contributed by atoms with van der Waals surface area (Å²) in [5, 5.41) is 14.5. The highest BCUT2D eigenvalue weighted by atomic mass is 35.5. The lowest BCUT2D eigenvalue weighted by atomic mass is 10.0. The van der Waals surface area contributed by atoms with Crippen LogP contribution in [0.1, 0.15) is 35.2 Å². The molecule has 1 N–H and O–H groups in total. The van der Waals surface area contributed by atoms with Crippen molar-refractivity contribution in [3.8, 4) is 5.75 Å². The second-order valence-corrected chi connectivity index (χ2v) is 11.0. The average Bonchev–Trinajstić information content (AvgIpc) is 2.84. The third-order valence-corrected chi connectivity index (χ3v) is 8.06. The number of ether oxygens (including phenoxy) is 1. The number of aryl methyl sites for hydroxylation is 3. The van der Waals surface area contributed by atoms with E-state index in [2.05, 4.69) is 5.32 Å². The Labute approximate surface area is 221 Å². The van der Waals surface area contributed by atoms with Crippen molar-refractivity contribution in [2.45, 2.75) is 38.6 Å². The second-order valence-electron chi connectivity index (χ2n) is 8.67. The minimum Gasteiger partial charge on any atom is -0.495 e. The molecule has 0 aliphatic rings. The number of nitro groups is 1. The molecule has 1 atom stereocenters. The first-order valence-corrected chi connectivity index (χ1v) is 13.1. The number of carbonyl (C=O) groups excluding carboxylic acids is 1. The summed E-state index contributed by atoms with van der Waals surface area (Å²) < 4.78 is 33.8. The first-order chi connectivity index (χ1) is 17.3. The third kappa shape index (κ3) is 6.20. The van der Waals surface area contributed by atoms with Crippen molar-refractivity contribution in [3.63, 3.8) is 0 Å². The molecule has 0 spiro atoms. The van der Waals surface area contributed by atoms with Crippen molar-refractivity contribution >= 4 is 38.9 Å². The minimum atomic E-state index is -4.45. The van der Waals surface area contributed by atoms with Crippen molar-refractivity contribution in [1.29, 1.82) is 0 Å². The first-order valence-electron chi connectivity index (χ1n) is 11.3. The Morgan fingerprint density at radius 2 is 1.73 bits per heavy atom. The summed E-state index contributed by atoms with van der Waals surface area (Å²) in [5.41, 5.74) is 3.00. The van der Waals surface area contributed by atoms with Crippen LogP contribution in [0, 0.1) is 30.9 Å². The van der Waals surface area contributed by atoms with Crippen LogP contribution in [0.15, 0.2) is 59.5 Å². The van der Waals surface area contributed by atoms with Crippen LogP contribution in [0.3, 0.4) is 0 Å². The van der Waals surface area contributed by atoms with Crippen molar-refractivity contribution in [2.24, 2.45) is 0 Å². The van der Waals surface area contributed by atoms with Crippen LogP contribution in [0.25, 0.3) is 0 Å². The highest BCUT2D eigenvalue weighted by Crippen LogP contribution is 2.35. The molecule has 0 fully saturated rings. The molecule has 0 aromatic heterocycles. The van der Waals surface area contributed by atoms with Crippen LogP contribution in [0.4, 0.5) is 11.4 Å². The summed E-state index contributed by atoms with van der Waals surface area (Å²) >= 11 is 6.16. The van der Waals surface area contributed by atoms with Gasteiger partial charge in [-0.25, -0.2) is 8.42 Å². The molecule has 3 aromatic rings. The maximum absolute atomic E-state index is 13.8. The Kier molecular flexibility index (Phi) is 8.45. The molecule has 196 valence electrons. The normalized spacial score (nSPS) is 12.1. The topological polar surface area (TPSA) is 119 Å². The number of anilines is 1. The van der Waals surface area contributed by atoms with E-state index in [4.69, 9.17) is 16.3 Å².